The lowest BCUT2D eigenvalue weighted by molar-refractivity contribution is -0.132. The van der Waals surface area contributed by atoms with Gasteiger partial charge >= 0.3 is 5.91 Å². The highest BCUT2D eigenvalue weighted by molar-refractivity contribution is 7.16. The smallest absolute Gasteiger partial charge is 0.302 e. The van der Waals surface area contributed by atoms with Gasteiger partial charge in [0.25, 0.3) is 5.78 Å². The van der Waals surface area contributed by atoms with Crippen molar-refractivity contribution < 1.29 is 19.1 Å². The highest BCUT2D eigenvalue weighted by atomic mass is 32.1. The molecule has 1 N–H and O–H groups in total. The number of nitrogens with zero attached hydrogens (tertiary/aromatic N) is 2. The zero-order valence-electron chi connectivity index (χ0n) is 15.6. The van der Waals surface area contributed by atoms with Gasteiger partial charge in [0.1, 0.15) is 23.3 Å². The number of furan rings is 1. The summed E-state index contributed by atoms with van der Waals surface area (Å²) in [5.41, 5.74) is 1.25. The Kier molecular flexibility index (Phi) is 4.39. The van der Waals surface area contributed by atoms with Gasteiger partial charge < -0.3 is 9.52 Å². The second-order valence-electron chi connectivity index (χ2n) is 6.62. The maximum Gasteiger partial charge on any atom is 0.302 e. The van der Waals surface area contributed by atoms with Crippen LogP contribution in [0.4, 0.5) is 5.13 Å². The third kappa shape index (κ3) is 2.84. The number of carbonyl (C=O) groups excluding carboxylic acids is 2. The summed E-state index contributed by atoms with van der Waals surface area (Å²) >= 11 is 1.33. The molecule has 3 aromatic rings. The van der Waals surface area contributed by atoms with Gasteiger partial charge in [-0.2, -0.15) is 0 Å². The Bertz CT molecular complexity index is 1090. The fraction of sp³-hybridized carbons (Fsp3) is 0.190. The maximum atomic E-state index is 12.9. The van der Waals surface area contributed by atoms with Gasteiger partial charge in [0, 0.05) is 10.4 Å². The number of benzene rings is 1. The van der Waals surface area contributed by atoms with Crippen molar-refractivity contribution in [3.05, 3.63) is 75.7 Å². The third-order valence-electron chi connectivity index (χ3n) is 4.75. The summed E-state index contributed by atoms with van der Waals surface area (Å²) in [6.45, 7) is 5.54. The lowest BCUT2D eigenvalue weighted by Crippen LogP contribution is -2.29. The van der Waals surface area contributed by atoms with Crippen molar-refractivity contribution in [3.8, 4) is 0 Å². The predicted octanol–water partition coefficient (Wildman–Crippen LogP) is 4.29. The molecule has 0 radical (unpaired) electrons. The first-order valence-corrected chi connectivity index (χ1v) is 9.57. The van der Waals surface area contributed by atoms with Gasteiger partial charge in [0.05, 0.1) is 11.3 Å². The van der Waals surface area contributed by atoms with E-state index in [1.807, 2.05) is 19.9 Å². The Labute approximate surface area is 165 Å². The van der Waals surface area contributed by atoms with Crippen molar-refractivity contribution in [2.24, 2.45) is 0 Å². The number of aliphatic hydroxyl groups excluding tert-OH is 1. The van der Waals surface area contributed by atoms with Crippen LogP contribution < -0.4 is 4.90 Å². The SMILES string of the molecule is Cc1ccc([C@@H]2/C(=C(\O)c3ccccc3)C(=O)C(=O)N2c2nc(C)c(C)s2)o1. The molecule has 0 aliphatic carbocycles. The monoisotopic (exact) mass is 394 g/mol. The number of thiazole rings is 1. The number of anilines is 1. The minimum atomic E-state index is -0.876. The molecule has 142 valence electrons. The summed E-state index contributed by atoms with van der Waals surface area (Å²) in [4.78, 5) is 32.6. The molecule has 2 aromatic heterocycles. The van der Waals surface area contributed by atoms with Crippen molar-refractivity contribution >= 4 is 33.9 Å². The van der Waals surface area contributed by atoms with Crippen molar-refractivity contribution in [3.63, 3.8) is 0 Å². The molecule has 6 nitrogen and oxygen atoms in total. The minimum Gasteiger partial charge on any atom is -0.507 e. The largest absolute Gasteiger partial charge is 0.507 e. The van der Waals surface area contributed by atoms with Crippen molar-refractivity contribution in [1.82, 2.24) is 4.98 Å². The van der Waals surface area contributed by atoms with Crippen LogP contribution in [0.15, 0.2) is 52.5 Å². The second-order valence-corrected chi connectivity index (χ2v) is 7.80. The maximum absolute atomic E-state index is 12.9. The molecular weight excluding hydrogens is 376 g/mol. The van der Waals surface area contributed by atoms with E-state index < -0.39 is 17.7 Å². The van der Waals surface area contributed by atoms with Crippen molar-refractivity contribution in [2.45, 2.75) is 26.8 Å². The van der Waals surface area contributed by atoms with Gasteiger partial charge in [-0.15, -0.1) is 11.3 Å². The molecule has 1 aliphatic heterocycles. The van der Waals surface area contributed by atoms with Gasteiger partial charge in [-0.3, -0.25) is 14.5 Å². The number of Topliss-reactive ketones (excluding diaryl/α,β-unsaturated/α-hetero) is 1. The molecule has 0 saturated carbocycles. The highest BCUT2D eigenvalue weighted by Crippen LogP contribution is 2.44. The fourth-order valence-electron chi connectivity index (χ4n) is 3.21. The van der Waals surface area contributed by atoms with E-state index >= 15 is 0 Å². The second kappa shape index (κ2) is 6.76. The molecule has 1 saturated heterocycles. The Hall–Kier alpha value is -3.19. The Morgan fingerprint density at radius 1 is 1.11 bits per heavy atom. The minimum absolute atomic E-state index is 0.00365. The van der Waals surface area contributed by atoms with Gasteiger partial charge in [-0.25, -0.2) is 4.98 Å². The molecule has 1 amide bonds. The van der Waals surface area contributed by atoms with Gasteiger partial charge in [0.15, 0.2) is 5.13 Å². The van der Waals surface area contributed by atoms with Crippen LogP contribution in [-0.2, 0) is 9.59 Å². The first-order chi connectivity index (χ1) is 13.4. The predicted molar refractivity (Wildman–Crippen MR) is 106 cm³/mol. The summed E-state index contributed by atoms with van der Waals surface area (Å²) < 4.78 is 5.75. The number of hydrogen-bond donors (Lipinski definition) is 1. The molecular formula is C21H18N2O4S. The van der Waals surface area contributed by atoms with E-state index in [2.05, 4.69) is 4.98 Å². The zero-order chi connectivity index (χ0) is 20.0. The number of carbonyl (C=O) groups is 2. The number of aromatic nitrogens is 1. The lowest BCUT2D eigenvalue weighted by Gasteiger charge is -2.20. The van der Waals surface area contributed by atoms with Gasteiger partial charge in [-0.1, -0.05) is 30.3 Å². The Morgan fingerprint density at radius 3 is 2.39 bits per heavy atom. The van der Waals surface area contributed by atoms with E-state index in [0.29, 0.717) is 22.2 Å². The Balaban J connectivity index is 1.95. The summed E-state index contributed by atoms with van der Waals surface area (Å²) in [5, 5.41) is 11.3. The van der Waals surface area contributed by atoms with E-state index in [9.17, 15) is 14.7 Å². The van der Waals surface area contributed by atoms with Crippen LogP contribution in [0.25, 0.3) is 5.76 Å². The van der Waals surface area contributed by atoms with Crippen LogP contribution in [0.2, 0.25) is 0 Å². The standard InChI is InChI=1S/C21H18N2O4S/c1-11-9-10-15(27-11)17-16(18(24)14-7-5-4-6-8-14)19(25)20(26)23(17)21-22-12(2)13(3)28-21/h4-10,17,24H,1-3H3/b18-16+/t17-/m1/s1. The molecule has 0 bridgehead atoms. The van der Waals surface area contributed by atoms with Gasteiger partial charge in [-0.05, 0) is 32.9 Å². The fourth-order valence-corrected chi connectivity index (χ4v) is 4.15. The molecule has 0 unspecified atom stereocenters. The topological polar surface area (TPSA) is 83.6 Å². The third-order valence-corrected chi connectivity index (χ3v) is 5.82. The van der Waals surface area contributed by atoms with Crippen LogP contribution in [0.5, 0.6) is 0 Å². The van der Waals surface area contributed by atoms with Crippen molar-refractivity contribution in [2.75, 3.05) is 4.90 Å². The molecule has 1 fully saturated rings. The average molecular weight is 394 g/mol. The van der Waals surface area contributed by atoms with Crippen molar-refractivity contribution in [1.29, 1.82) is 0 Å². The van der Waals surface area contributed by atoms with E-state index in [0.717, 1.165) is 10.6 Å². The number of hydrogen-bond acceptors (Lipinski definition) is 6. The summed E-state index contributed by atoms with van der Waals surface area (Å²) in [5.74, 6) is -0.673. The molecule has 0 spiro atoms. The van der Waals surface area contributed by atoms with Crippen LogP contribution in [-0.4, -0.2) is 21.8 Å². The van der Waals surface area contributed by atoms with Crippen LogP contribution in [0.1, 0.15) is 33.7 Å². The molecule has 1 aliphatic rings. The Morgan fingerprint density at radius 2 is 1.82 bits per heavy atom. The van der Waals surface area contributed by atoms with E-state index in [1.54, 1.807) is 43.3 Å². The average Bonchev–Trinajstić information content (AvgIpc) is 3.33. The number of aliphatic hydroxyl groups is 1. The first kappa shape index (κ1) is 18.2. The number of ketones is 1. The lowest BCUT2D eigenvalue weighted by atomic mass is 9.99. The molecule has 28 heavy (non-hydrogen) atoms. The molecule has 7 heteroatoms. The summed E-state index contributed by atoms with van der Waals surface area (Å²) in [6, 6.07) is 11.3. The number of aryl methyl sites for hydroxylation is 3. The number of rotatable bonds is 3. The molecule has 4 rings (SSSR count). The summed E-state index contributed by atoms with van der Waals surface area (Å²) in [6.07, 6.45) is 0. The van der Waals surface area contributed by atoms with Gasteiger partial charge in [0.2, 0.25) is 0 Å². The highest BCUT2D eigenvalue weighted by Gasteiger charge is 2.49. The summed E-state index contributed by atoms with van der Waals surface area (Å²) in [7, 11) is 0. The van der Waals surface area contributed by atoms with E-state index in [1.165, 1.54) is 16.2 Å². The number of amides is 1. The molecule has 3 heterocycles. The normalized spacial score (nSPS) is 18.8. The van der Waals surface area contributed by atoms with Crippen LogP contribution in [0, 0.1) is 20.8 Å². The van der Waals surface area contributed by atoms with E-state index in [-0.39, 0.29) is 11.3 Å². The first-order valence-electron chi connectivity index (χ1n) is 8.75. The molecule has 1 atom stereocenters. The van der Waals surface area contributed by atoms with E-state index in [4.69, 9.17) is 4.42 Å². The molecule has 1 aromatic carbocycles. The zero-order valence-corrected chi connectivity index (χ0v) is 16.4. The van der Waals surface area contributed by atoms with Crippen LogP contribution in [0.3, 0.4) is 0 Å². The van der Waals surface area contributed by atoms with Crippen LogP contribution >= 0.6 is 11.3 Å². The quantitative estimate of drug-likeness (QED) is 0.407.